The molecule has 8 aromatic rings. The molecule has 1 heterocycles. The molecular weight excluding hydrogens is 543 g/mol. The molecule has 0 bridgehead atoms. The summed E-state index contributed by atoms with van der Waals surface area (Å²) in [7, 11) is -2.07. The molecule has 0 fully saturated rings. The van der Waals surface area contributed by atoms with Crippen LogP contribution in [0.15, 0.2) is 152 Å². The van der Waals surface area contributed by atoms with Crippen molar-refractivity contribution in [2.75, 3.05) is 0 Å². The quantitative estimate of drug-likeness (QED) is 0.206. The van der Waals surface area contributed by atoms with E-state index in [1.165, 1.54) is 5.56 Å². The normalized spacial score (nSPS) is 11.9. The van der Waals surface area contributed by atoms with Crippen molar-refractivity contribution in [1.29, 1.82) is 0 Å². The Labute approximate surface area is 250 Å². The molecule has 204 valence electrons. The van der Waals surface area contributed by atoms with Crippen LogP contribution in [0.3, 0.4) is 0 Å². The van der Waals surface area contributed by atoms with Gasteiger partial charge in [0.25, 0.3) is 0 Å². The molecule has 0 N–H and O–H groups in total. The first-order valence-corrected chi connectivity index (χ1v) is 15.7. The monoisotopic (exact) mass is 571 g/mol. The smallest absolute Gasteiger partial charge is 0.109 e. The number of aryl methyl sites for hydroxylation is 1. The fourth-order valence-electron chi connectivity index (χ4n) is 6.37. The Morgan fingerprint density at radius 3 is 1.40 bits per heavy atom. The van der Waals surface area contributed by atoms with Gasteiger partial charge >= 0.3 is 7.73 Å². The molecule has 0 amide bonds. The first kappa shape index (κ1) is 25.5. The molecule has 4 heteroatoms. The van der Waals surface area contributed by atoms with Crippen LogP contribution in [0.2, 0.25) is 0 Å². The van der Waals surface area contributed by atoms with Crippen LogP contribution in [0.4, 0.5) is 0 Å². The average molecular weight is 572 g/mol. The van der Waals surface area contributed by atoms with Gasteiger partial charge in [-0.05, 0) is 68.8 Å². The Morgan fingerprint density at radius 1 is 0.442 bits per heavy atom. The Balaban J connectivity index is 1.47. The van der Waals surface area contributed by atoms with Crippen molar-refractivity contribution < 1.29 is 4.57 Å². The fourth-order valence-corrected chi connectivity index (χ4v) is 7.96. The summed E-state index contributed by atoms with van der Waals surface area (Å²) < 4.78 is 19.1. The van der Waals surface area contributed by atoms with Crippen molar-refractivity contribution in [2.45, 2.75) is 6.92 Å². The van der Waals surface area contributed by atoms with Gasteiger partial charge in [-0.1, -0.05) is 133 Å². The van der Waals surface area contributed by atoms with E-state index < -0.39 is 7.73 Å². The first-order chi connectivity index (χ1) is 21.2. The summed E-state index contributed by atoms with van der Waals surface area (Å²) in [5.41, 5.74) is 9.50. The van der Waals surface area contributed by atoms with Crippen molar-refractivity contribution >= 4 is 40.3 Å². The zero-order valence-electron chi connectivity index (χ0n) is 23.7. The highest BCUT2D eigenvalue weighted by molar-refractivity contribution is 7.30. The van der Waals surface area contributed by atoms with Gasteiger partial charge in [-0.15, -0.1) is 8.66 Å². The van der Waals surface area contributed by atoms with Crippen LogP contribution in [0.1, 0.15) is 5.56 Å². The van der Waals surface area contributed by atoms with E-state index in [1.54, 1.807) is 0 Å². The highest BCUT2D eigenvalue weighted by Gasteiger charge is 2.29. The van der Waals surface area contributed by atoms with E-state index in [9.17, 15) is 4.57 Å². The lowest BCUT2D eigenvalue weighted by molar-refractivity contribution is 0.589. The summed E-state index contributed by atoms with van der Waals surface area (Å²) >= 11 is 0. The van der Waals surface area contributed by atoms with Gasteiger partial charge in [0.1, 0.15) is 22.4 Å². The average Bonchev–Trinajstić information content (AvgIpc) is 3.35. The van der Waals surface area contributed by atoms with E-state index >= 15 is 0 Å². The molecule has 3 nitrogen and oxygen atoms in total. The second-order valence-electron chi connectivity index (χ2n) is 11.0. The zero-order valence-corrected chi connectivity index (χ0v) is 24.6. The molecule has 43 heavy (non-hydrogen) atoms. The minimum Gasteiger partial charge on any atom is -0.109 e. The predicted molar refractivity (Wildman–Crippen MR) is 181 cm³/mol. The lowest BCUT2D eigenvalue weighted by atomic mass is 9.96. The number of nitrogens with zero attached hydrogens (tertiary/aromatic N) is 2. The molecule has 0 saturated heterocycles. The minimum atomic E-state index is -2.07. The maximum atomic E-state index is 15.0. The standard InChI is InChI=1S/C39H28N2OP/c1-27-23-25-29(26-24-27)33-18-8-14-31-16-10-22-37(39(31)33)41-35-20-6-5-19-34(35)40(43(41)42)36-21-9-15-30-13-7-17-32(38(30)36)28-11-3-2-4-12-28/h2-26H,1H3/q+1. The zero-order chi connectivity index (χ0) is 28.9. The Bertz CT molecular complexity index is 2360. The summed E-state index contributed by atoms with van der Waals surface area (Å²) in [6.45, 7) is 2.11. The number of para-hydroxylation sites is 2. The maximum absolute atomic E-state index is 15.0. The second kappa shape index (κ2) is 10.2. The number of fused-ring (bicyclic) bond motifs is 3. The third-order valence-electron chi connectivity index (χ3n) is 8.35. The molecule has 0 aliphatic carbocycles. The fraction of sp³-hybridized carbons (Fsp3) is 0.0256. The second-order valence-corrected chi connectivity index (χ2v) is 12.3. The van der Waals surface area contributed by atoms with Gasteiger partial charge in [0.15, 0.2) is 0 Å². The van der Waals surface area contributed by atoms with E-state index in [4.69, 9.17) is 0 Å². The van der Waals surface area contributed by atoms with Gasteiger partial charge in [-0.3, -0.25) is 0 Å². The van der Waals surface area contributed by atoms with E-state index in [0.29, 0.717) is 0 Å². The molecule has 1 unspecified atom stereocenters. The lowest BCUT2D eigenvalue weighted by Crippen LogP contribution is -1.94. The summed E-state index contributed by atoms with van der Waals surface area (Å²) in [5, 5.41) is 4.42. The molecule has 7 aromatic carbocycles. The van der Waals surface area contributed by atoms with Gasteiger partial charge < -0.3 is 0 Å². The van der Waals surface area contributed by atoms with Crippen molar-refractivity contribution in [3.05, 3.63) is 157 Å². The van der Waals surface area contributed by atoms with Crippen molar-refractivity contribution in [3.63, 3.8) is 0 Å². The van der Waals surface area contributed by atoms with Crippen molar-refractivity contribution in [3.8, 4) is 33.6 Å². The molecular formula is C39H28N2OP+. The third kappa shape index (κ3) is 4.13. The van der Waals surface area contributed by atoms with Crippen LogP contribution in [0, 0.1) is 6.92 Å². The summed E-state index contributed by atoms with van der Waals surface area (Å²) in [5.74, 6) is 0. The van der Waals surface area contributed by atoms with E-state index in [-0.39, 0.29) is 0 Å². The van der Waals surface area contributed by atoms with E-state index in [0.717, 1.165) is 66.2 Å². The van der Waals surface area contributed by atoms with Gasteiger partial charge in [-0.25, -0.2) is 0 Å². The highest BCUT2D eigenvalue weighted by atomic mass is 31.1. The van der Waals surface area contributed by atoms with Crippen LogP contribution in [0.25, 0.3) is 66.2 Å². The maximum Gasteiger partial charge on any atom is 0.605 e. The number of benzene rings is 7. The van der Waals surface area contributed by atoms with Crippen LogP contribution in [-0.4, -0.2) is 8.66 Å². The van der Waals surface area contributed by atoms with Crippen LogP contribution in [-0.2, 0) is 4.57 Å². The molecule has 0 saturated carbocycles. The molecule has 0 spiro atoms. The van der Waals surface area contributed by atoms with Gasteiger partial charge in [0.2, 0.25) is 0 Å². The molecule has 0 aliphatic heterocycles. The first-order valence-electron chi connectivity index (χ1n) is 14.5. The third-order valence-corrected chi connectivity index (χ3v) is 9.90. The predicted octanol–water partition coefficient (Wildman–Crippen LogP) is 11.1. The topological polar surface area (TPSA) is 26.9 Å². The van der Waals surface area contributed by atoms with Gasteiger partial charge in [0, 0.05) is 10.8 Å². The molecule has 1 aromatic heterocycles. The largest absolute Gasteiger partial charge is 0.605 e. The number of aromatic nitrogens is 2. The van der Waals surface area contributed by atoms with Gasteiger partial charge in [0.05, 0.1) is 0 Å². The highest BCUT2D eigenvalue weighted by Crippen LogP contribution is 2.42. The Kier molecular flexibility index (Phi) is 6.06. The molecule has 8 rings (SSSR count). The van der Waals surface area contributed by atoms with Crippen molar-refractivity contribution in [1.82, 2.24) is 8.66 Å². The van der Waals surface area contributed by atoms with Gasteiger partial charge in [-0.2, -0.15) is 0 Å². The molecule has 0 aliphatic rings. The Morgan fingerprint density at radius 2 is 0.884 bits per heavy atom. The van der Waals surface area contributed by atoms with Crippen LogP contribution >= 0.6 is 7.73 Å². The summed E-state index contributed by atoms with van der Waals surface area (Å²) in [6.07, 6.45) is 0. The Hall–Kier alpha value is -5.24. The van der Waals surface area contributed by atoms with Crippen LogP contribution < -0.4 is 0 Å². The summed E-state index contributed by atoms with van der Waals surface area (Å²) in [6, 6.07) is 52.7. The number of rotatable bonds is 4. The van der Waals surface area contributed by atoms with Crippen LogP contribution in [0.5, 0.6) is 0 Å². The number of hydrogen-bond acceptors (Lipinski definition) is 1. The van der Waals surface area contributed by atoms with Crippen molar-refractivity contribution in [2.24, 2.45) is 0 Å². The lowest BCUT2D eigenvalue weighted by Gasteiger charge is -2.11. The molecule has 1 atom stereocenters. The summed E-state index contributed by atoms with van der Waals surface area (Å²) in [4.78, 5) is 0. The number of hydrogen-bond donors (Lipinski definition) is 0. The van der Waals surface area contributed by atoms with E-state index in [1.807, 2.05) is 26.9 Å². The van der Waals surface area contributed by atoms with E-state index in [2.05, 4.69) is 140 Å². The minimum absolute atomic E-state index is 0.934. The SMILES string of the molecule is Cc1ccc(-c2cccc3cccc(-n4c5ccccc5n(-c5cccc6cccc(-c7ccccc7)c56)[p+]4=O)c23)cc1. The molecule has 0 radical (unpaired) electrons.